The quantitative estimate of drug-likeness (QED) is 0.823. The fourth-order valence-electron chi connectivity index (χ4n) is 1.56. The second-order valence-corrected chi connectivity index (χ2v) is 4.36. The molecule has 0 aliphatic heterocycles. The Bertz CT molecular complexity index is 427. The first-order chi connectivity index (χ1) is 7.80. The summed E-state index contributed by atoms with van der Waals surface area (Å²) < 4.78 is 18.0. The lowest BCUT2D eigenvalue weighted by molar-refractivity contribution is -0.154. The van der Waals surface area contributed by atoms with Crippen molar-refractivity contribution in [3.05, 3.63) is 35.1 Å². The molecule has 2 unspecified atom stereocenters. The summed E-state index contributed by atoms with van der Waals surface area (Å²) in [4.78, 5) is 11.4. The van der Waals surface area contributed by atoms with Gasteiger partial charge in [-0.15, -0.1) is 0 Å². The van der Waals surface area contributed by atoms with Gasteiger partial charge in [0, 0.05) is 0 Å². The number of aryl methyl sites for hydroxylation is 1. The molecular weight excluding hydrogens is 223 g/mol. The van der Waals surface area contributed by atoms with E-state index >= 15 is 0 Å². The van der Waals surface area contributed by atoms with Crippen LogP contribution in [0, 0.1) is 18.7 Å². The molecule has 0 amide bonds. The lowest BCUT2D eigenvalue weighted by atomic mass is 9.83. The molecule has 3 nitrogen and oxygen atoms in total. The average molecular weight is 240 g/mol. The second kappa shape index (κ2) is 4.84. The fourth-order valence-corrected chi connectivity index (χ4v) is 1.56. The van der Waals surface area contributed by atoms with Crippen LogP contribution in [0.1, 0.15) is 25.0 Å². The van der Waals surface area contributed by atoms with Crippen molar-refractivity contribution >= 4 is 5.97 Å². The van der Waals surface area contributed by atoms with Crippen LogP contribution in [-0.4, -0.2) is 18.2 Å². The molecule has 0 aromatic heterocycles. The zero-order valence-corrected chi connectivity index (χ0v) is 10.5. The van der Waals surface area contributed by atoms with Gasteiger partial charge in [0.2, 0.25) is 0 Å². The minimum absolute atomic E-state index is 0.360. The van der Waals surface area contributed by atoms with E-state index in [1.807, 2.05) is 0 Å². The highest BCUT2D eigenvalue weighted by molar-refractivity contribution is 5.73. The highest BCUT2D eigenvalue weighted by atomic mass is 19.1. The Balaban J connectivity index is 3.11. The minimum atomic E-state index is -1.46. The number of ether oxygens (including phenoxy) is 1. The first-order valence-electron chi connectivity index (χ1n) is 5.37. The Morgan fingerprint density at radius 2 is 2.12 bits per heavy atom. The van der Waals surface area contributed by atoms with Gasteiger partial charge in [0.25, 0.3) is 0 Å². The molecule has 0 fully saturated rings. The molecule has 0 aliphatic rings. The van der Waals surface area contributed by atoms with Crippen LogP contribution >= 0.6 is 0 Å². The van der Waals surface area contributed by atoms with Crippen molar-refractivity contribution in [1.82, 2.24) is 0 Å². The monoisotopic (exact) mass is 240 g/mol. The molecule has 1 rings (SSSR count). The van der Waals surface area contributed by atoms with Crippen LogP contribution in [0.15, 0.2) is 18.2 Å². The number of rotatable bonds is 3. The highest BCUT2D eigenvalue weighted by Crippen LogP contribution is 2.30. The van der Waals surface area contributed by atoms with E-state index in [0.717, 1.165) is 0 Å². The van der Waals surface area contributed by atoms with Gasteiger partial charge in [-0.1, -0.05) is 12.1 Å². The third-order valence-corrected chi connectivity index (χ3v) is 3.15. The van der Waals surface area contributed by atoms with Gasteiger partial charge in [0.15, 0.2) is 0 Å². The smallest absolute Gasteiger partial charge is 0.311 e. The summed E-state index contributed by atoms with van der Waals surface area (Å²) in [6.07, 6.45) is 0. The summed E-state index contributed by atoms with van der Waals surface area (Å²) in [7, 11) is 1.25. The van der Waals surface area contributed by atoms with E-state index in [0.29, 0.717) is 11.1 Å². The predicted molar refractivity (Wildman–Crippen MR) is 61.9 cm³/mol. The van der Waals surface area contributed by atoms with Gasteiger partial charge in [0.05, 0.1) is 18.6 Å². The normalized spacial score (nSPS) is 16.1. The SMILES string of the molecule is COC(=O)C(C)C(C)(O)c1ccc(C)c(F)c1. The number of halogens is 1. The lowest BCUT2D eigenvalue weighted by Crippen LogP contribution is -2.36. The summed E-state index contributed by atoms with van der Waals surface area (Å²) in [5, 5.41) is 10.3. The van der Waals surface area contributed by atoms with Gasteiger partial charge >= 0.3 is 5.97 Å². The van der Waals surface area contributed by atoms with Crippen molar-refractivity contribution in [2.45, 2.75) is 26.4 Å². The molecule has 0 saturated carbocycles. The largest absolute Gasteiger partial charge is 0.469 e. The van der Waals surface area contributed by atoms with Crippen molar-refractivity contribution in [1.29, 1.82) is 0 Å². The van der Waals surface area contributed by atoms with Crippen LogP contribution in [0.4, 0.5) is 4.39 Å². The van der Waals surface area contributed by atoms with Gasteiger partial charge in [0.1, 0.15) is 5.82 Å². The topological polar surface area (TPSA) is 46.5 Å². The third kappa shape index (κ3) is 2.64. The summed E-state index contributed by atoms with van der Waals surface area (Å²) >= 11 is 0. The summed E-state index contributed by atoms with van der Waals surface area (Å²) in [6, 6.07) is 4.43. The molecule has 0 heterocycles. The zero-order valence-electron chi connectivity index (χ0n) is 10.5. The van der Waals surface area contributed by atoms with Crippen LogP contribution < -0.4 is 0 Å². The second-order valence-electron chi connectivity index (χ2n) is 4.36. The first-order valence-corrected chi connectivity index (χ1v) is 5.37. The Labute approximate surface area is 100 Å². The Morgan fingerprint density at radius 1 is 1.53 bits per heavy atom. The Kier molecular flexibility index (Phi) is 3.88. The van der Waals surface area contributed by atoms with Gasteiger partial charge in [-0.25, -0.2) is 4.39 Å². The maximum atomic E-state index is 13.4. The molecular formula is C13H17FO3. The maximum absolute atomic E-state index is 13.4. The molecule has 1 N–H and O–H groups in total. The van der Waals surface area contributed by atoms with Crippen molar-refractivity contribution in [3.63, 3.8) is 0 Å². The molecule has 0 spiro atoms. The van der Waals surface area contributed by atoms with Crippen molar-refractivity contribution in [2.24, 2.45) is 5.92 Å². The van der Waals surface area contributed by atoms with Crippen molar-refractivity contribution in [2.75, 3.05) is 7.11 Å². The van der Waals surface area contributed by atoms with E-state index in [9.17, 15) is 14.3 Å². The van der Waals surface area contributed by atoms with E-state index in [2.05, 4.69) is 4.74 Å². The van der Waals surface area contributed by atoms with Gasteiger partial charge in [-0.2, -0.15) is 0 Å². The zero-order chi connectivity index (χ0) is 13.2. The number of carbonyl (C=O) groups excluding carboxylic acids is 1. The molecule has 1 aromatic rings. The van der Waals surface area contributed by atoms with Crippen LogP contribution in [0.2, 0.25) is 0 Å². The lowest BCUT2D eigenvalue weighted by Gasteiger charge is -2.29. The molecule has 0 saturated heterocycles. The number of hydrogen-bond donors (Lipinski definition) is 1. The summed E-state index contributed by atoms with van der Waals surface area (Å²) in [5.41, 5.74) is -0.601. The van der Waals surface area contributed by atoms with Gasteiger partial charge in [-0.3, -0.25) is 4.79 Å². The van der Waals surface area contributed by atoms with Crippen LogP contribution in [-0.2, 0) is 15.1 Å². The predicted octanol–water partition coefficient (Wildman–Crippen LogP) is 2.15. The molecule has 94 valence electrons. The maximum Gasteiger partial charge on any atom is 0.311 e. The van der Waals surface area contributed by atoms with Crippen LogP contribution in [0.3, 0.4) is 0 Å². The molecule has 4 heteroatoms. The third-order valence-electron chi connectivity index (χ3n) is 3.15. The summed E-state index contributed by atoms with van der Waals surface area (Å²) in [6.45, 7) is 4.65. The molecule has 1 aromatic carbocycles. The number of hydrogen-bond acceptors (Lipinski definition) is 3. The van der Waals surface area contributed by atoms with Gasteiger partial charge < -0.3 is 9.84 Å². The number of benzene rings is 1. The fraction of sp³-hybridized carbons (Fsp3) is 0.462. The summed E-state index contributed by atoms with van der Waals surface area (Å²) in [5.74, 6) is -1.70. The van der Waals surface area contributed by atoms with E-state index in [1.165, 1.54) is 20.1 Å². The number of carbonyl (C=O) groups is 1. The average Bonchev–Trinajstić information content (AvgIpc) is 2.30. The Morgan fingerprint density at radius 3 is 2.59 bits per heavy atom. The van der Waals surface area contributed by atoms with E-state index < -0.39 is 23.3 Å². The van der Waals surface area contributed by atoms with Gasteiger partial charge in [-0.05, 0) is 38.0 Å². The molecule has 0 radical (unpaired) electrons. The van der Waals surface area contributed by atoms with E-state index in [4.69, 9.17) is 0 Å². The van der Waals surface area contributed by atoms with Crippen molar-refractivity contribution in [3.8, 4) is 0 Å². The number of esters is 1. The van der Waals surface area contributed by atoms with E-state index in [-0.39, 0.29) is 0 Å². The van der Waals surface area contributed by atoms with Crippen LogP contribution in [0.25, 0.3) is 0 Å². The Hall–Kier alpha value is -1.42. The molecule has 2 atom stereocenters. The number of aliphatic hydroxyl groups is 1. The molecule has 0 aliphatic carbocycles. The highest BCUT2D eigenvalue weighted by Gasteiger charge is 2.36. The first kappa shape index (κ1) is 13.6. The number of methoxy groups -OCH3 is 1. The van der Waals surface area contributed by atoms with Crippen LogP contribution in [0.5, 0.6) is 0 Å². The molecule has 17 heavy (non-hydrogen) atoms. The molecule has 0 bridgehead atoms. The minimum Gasteiger partial charge on any atom is -0.469 e. The van der Waals surface area contributed by atoms with E-state index in [1.54, 1.807) is 26.0 Å². The van der Waals surface area contributed by atoms with Crippen molar-refractivity contribution < 1.29 is 19.0 Å². The standard InChI is InChI=1S/C13H17FO3/c1-8-5-6-10(7-11(8)14)13(3,16)9(2)12(15)17-4/h5-7,9,16H,1-4H3.